The number of anilines is 1. The van der Waals surface area contributed by atoms with Gasteiger partial charge in [0, 0.05) is 5.54 Å². The molecule has 0 aliphatic carbocycles. The van der Waals surface area contributed by atoms with Crippen molar-refractivity contribution in [2.24, 2.45) is 0 Å². The summed E-state index contributed by atoms with van der Waals surface area (Å²) in [6, 6.07) is 0.338. The molecule has 2 aromatic rings. The molecule has 0 aliphatic rings. The van der Waals surface area contributed by atoms with Crippen LogP contribution in [0.25, 0.3) is 0 Å². The molecule has 0 saturated carbocycles. The van der Waals surface area contributed by atoms with E-state index in [9.17, 15) is 0 Å². The van der Waals surface area contributed by atoms with Crippen LogP contribution in [-0.4, -0.2) is 25.9 Å². The highest BCUT2D eigenvalue weighted by Gasteiger charge is 2.12. The maximum absolute atomic E-state index is 5.40. The first-order valence-corrected chi connectivity index (χ1v) is 5.59. The van der Waals surface area contributed by atoms with Gasteiger partial charge in [-0.1, -0.05) is 10.3 Å². The Morgan fingerprint density at radius 2 is 2.06 bits per heavy atom. The van der Waals surface area contributed by atoms with Gasteiger partial charge in [-0.3, -0.25) is 0 Å². The summed E-state index contributed by atoms with van der Waals surface area (Å²) in [5.74, 6) is 1.06. The molecule has 2 heterocycles. The second-order valence-corrected chi connectivity index (χ2v) is 4.81. The zero-order chi connectivity index (χ0) is 13.0. The molecule has 18 heavy (non-hydrogen) atoms. The summed E-state index contributed by atoms with van der Waals surface area (Å²) in [6.45, 7) is 7.11. The zero-order valence-electron chi connectivity index (χ0n) is 10.6. The number of nitrogens with zero attached hydrogens (tertiary/aromatic N) is 4. The standard InChI is InChI=1S/C10H16N6O2/c1-10(2,3)13-5-8-14-15-9(18-8)11-4-7-12-6-17-16-7/h6,13H,4-5H2,1-3H3,(H,11,15). The van der Waals surface area contributed by atoms with Crippen molar-refractivity contribution in [3.05, 3.63) is 18.1 Å². The van der Waals surface area contributed by atoms with Crippen LogP contribution in [0, 0.1) is 0 Å². The molecule has 0 unspecified atom stereocenters. The lowest BCUT2D eigenvalue weighted by Gasteiger charge is -2.18. The molecule has 0 spiro atoms. The SMILES string of the molecule is CC(C)(C)NCc1nnc(NCc2ncon2)o1. The first-order valence-electron chi connectivity index (χ1n) is 5.59. The van der Waals surface area contributed by atoms with Crippen LogP contribution in [0.15, 0.2) is 15.3 Å². The molecule has 0 aliphatic heterocycles. The zero-order valence-corrected chi connectivity index (χ0v) is 10.6. The minimum atomic E-state index is 0.00664. The Hall–Kier alpha value is -1.96. The summed E-state index contributed by atoms with van der Waals surface area (Å²) in [5.41, 5.74) is 0.00664. The maximum Gasteiger partial charge on any atom is 0.315 e. The molecule has 8 heteroatoms. The topological polar surface area (TPSA) is 102 Å². The molecule has 2 rings (SSSR count). The Morgan fingerprint density at radius 1 is 1.22 bits per heavy atom. The number of hydrogen-bond acceptors (Lipinski definition) is 8. The summed E-state index contributed by atoms with van der Waals surface area (Å²) in [7, 11) is 0. The normalized spacial score (nSPS) is 11.7. The van der Waals surface area contributed by atoms with Gasteiger partial charge in [0.2, 0.25) is 12.3 Å². The molecule has 0 radical (unpaired) electrons. The number of rotatable bonds is 5. The first-order chi connectivity index (χ1) is 8.53. The highest BCUT2D eigenvalue weighted by Crippen LogP contribution is 2.08. The van der Waals surface area contributed by atoms with Gasteiger partial charge in [-0.2, -0.15) is 4.98 Å². The van der Waals surface area contributed by atoms with Gasteiger partial charge >= 0.3 is 6.01 Å². The van der Waals surface area contributed by atoms with Crippen molar-refractivity contribution >= 4 is 6.01 Å². The maximum atomic E-state index is 5.40. The van der Waals surface area contributed by atoms with Gasteiger partial charge in [-0.05, 0) is 20.8 Å². The molecule has 8 nitrogen and oxygen atoms in total. The largest absolute Gasteiger partial charge is 0.407 e. The molecular weight excluding hydrogens is 236 g/mol. The molecular formula is C10H16N6O2. The predicted molar refractivity (Wildman–Crippen MR) is 62.5 cm³/mol. The number of nitrogens with one attached hydrogen (secondary N) is 2. The Labute approximate surface area is 104 Å². The first kappa shape index (κ1) is 12.5. The van der Waals surface area contributed by atoms with E-state index in [1.807, 2.05) is 0 Å². The van der Waals surface area contributed by atoms with Crippen LogP contribution in [0.4, 0.5) is 6.01 Å². The van der Waals surface area contributed by atoms with E-state index in [1.165, 1.54) is 6.39 Å². The van der Waals surface area contributed by atoms with Gasteiger partial charge in [0.1, 0.15) is 0 Å². The lowest BCUT2D eigenvalue weighted by atomic mass is 10.1. The Balaban J connectivity index is 1.82. The van der Waals surface area contributed by atoms with Gasteiger partial charge < -0.3 is 19.6 Å². The van der Waals surface area contributed by atoms with E-state index in [4.69, 9.17) is 4.42 Å². The minimum absolute atomic E-state index is 0.00664. The monoisotopic (exact) mass is 252 g/mol. The predicted octanol–water partition coefficient (Wildman–Crippen LogP) is 0.953. The fourth-order valence-electron chi connectivity index (χ4n) is 1.16. The quantitative estimate of drug-likeness (QED) is 0.811. The Morgan fingerprint density at radius 3 is 2.72 bits per heavy atom. The fourth-order valence-corrected chi connectivity index (χ4v) is 1.16. The summed E-state index contributed by atoms with van der Waals surface area (Å²) in [5, 5.41) is 17.6. The summed E-state index contributed by atoms with van der Waals surface area (Å²) < 4.78 is 10.0. The molecule has 0 saturated heterocycles. The van der Waals surface area contributed by atoms with Crippen LogP contribution in [-0.2, 0) is 13.1 Å². The van der Waals surface area contributed by atoms with Crippen LogP contribution >= 0.6 is 0 Å². The van der Waals surface area contributed by atoms with E-state index < -0.39 is 0 Å². The van der Waals surface area contributed by atoms with Gasteiger partial charge in [0.15, 0.2) is 5.82 Å². The molecule has 2 aromatic heterocycles. The van der Waals surface area contributed by atoms with Gasteiger partial charge in [-0.25, -0.2) is 0 Å². The van der Waals surface area contributed by atoms with Crippen LogP contribution < -0.4 is 10.6 Å². The van der Waals surface area contributed by atoms with Crippen molar-refractivity contribution in [3.63, 3.8) is 0 Å². The Kier molecular flexibility index (Phi) is 3.56. The van der Waals surface area contributed by atoms with E-state index in [2.05, 4.69) is 56.3 Å². The van der Waals surface area contributed by atoms with Crippen molar-refractivity contribution < 1.29 is 8.94 Å². The van der Waals surface area contributed by atoms with Crippen molar-refractivity contribution in [2.45, 2.75) is 39.4 Å². The van der Waals surface area contributed by atoms with Gasteiger partial charge in [-0.15, -0.1) is 5.10 Å². The molecule has 98 valence electrons. The number of hydrogen-bond donors (Lipinski definition) is 2. The van der Waals surface area contributed by atoms with Crippen molar-refractivity contribution in [2.75, 3.05) is 5.32 Å². The molecule has 0 amide bonds. The van der Waals surface area contributed by atoms with Crippen molar-refractivity contribution in [1.29, 1.82) is 0 Å². The van der Waals surface area contributed by atoms with E-state index in [0.717, 1.165) is 0 Å². The lowest BCUT2D eigenvalue weighted by Crippen LogP contribution is -2.35. The third-order valence-electron chi connectivity index (χ3n) is 2.04. The smallest absolute Gasteiger partial charge is 0.315 e. The highest BCUT2D eigenvalue weighted by molar-refractivity contribution is 5.17. The van der Waals surface area contributed by atoms with Crippen molar-refractivity contribution in [3.8, 4) is 0 Å². The average Bonchev–Trinajstić information content (AvgIpc) is 2.94. The van der Waals surface area contributed by atoms with Gasteiger partial charge in [0.05, 0.1) is 13.1 Å². The van der Waals surface area contributed by atoms with E-state index in [0.29, 0.717) is 30.8 Å². The van der Waals surface area contributed by atoms with Crippen LogP contribution in [0.5, 0.6) is 0 Å². The Bertz CT molecular complexity index is 473. The second kappa shape index (κ2) is 5.13. The molecule has 0 aromatic carbocycles. The second-order valence-electron chi connectivity index (χ2n) is 4.81. The summed E-state index contributed by atoms with van der Waals surface area (Å²) in [6.07, 6.45) is 1.27. The molecule has 2 N–H and O–H groups in total. The van der Waals surface area contributed by atoms with Gasteiger partial charge in [0.25, 0.3) is 0 Å². The van der Waals surface area contributed by atoms with Crippen molar-refractivity contribution in [1.82, 2.24) is 25.7 Å². The van der Waals surface area contributed by atoms with E-state index >= 15 is 0 Å². The fraction of sp³-hybridized carbons (Fsp3) is 0.600. The summed E-state index contributed by atoms with van der Waals surface area (Å²) in [4.78, 5) is 3.86. The van der Waals surface area contributed by atoms with Crippen LogP contribution in [0.1, 0.15) is 32.5 Å². The summed E-state index contributed by atoms with van der Waals surface area (Å²) >= 11 is 0. The average molecular weight is 252 g/mol. The third kappa shape index (κ3) is 3.81. The lowest BCUT2D eigenvalue weighted by molar-refractivity contribution is 0.383. The van der Waals surface area contributed by atoms with E-state index in [-0.39, 0.29) is 5.54 Å². The number of aromatic nitrogens is 4. The molecule has 0 atom stereocenters. The molecule has 0 fully saturated rings. The van der Waals surface area contributed by atoms with E-state index in [1.54, 1.807) is 0 Å². The highest BCUT2D eigenvalue weighted by atomic mass is 16.5. The van der Waals surface area contributed by atoms with Crippen LogP contribution in [0.3, 0.4) is 0 Å². The third-order valence-corrected chi connectivity index (χ3v) is 2.04. The minimum Gasteiger partial charge on any atom is -0.407 e. The van der Waals surface area contributed by atoms with Crippen LogP contribution in [0.2, 0.25) is 0 Å². The molecule has 0 bridgehead atoms.